The monoisotopic (exact) mass is 279 g/mol. The van der Waals surface area contributed by atoms with Gasteiger partial charge >= 0.3 is 5.97 Å². The van der Waals surface area contributed by atoms with Gasteiger partial charge in [-0.3, -0.25) is 9.59 Å². The molecule has 9 nitrogen and oxygen atoms in total. The predicted octanol–water partition coefficient (Wildman–Crippen LogP) is -0.102. The van der Waals surface area contributed by atoms with Crippen LogP contribution in [0.2, 0.25) is 0 Å². The van der Waals surface area contributed by atoms with E-state index in [1.165, 1.54) is 6.20 Å². The van der Waals surface area contributed by atoms with Crippen LogP contribution >= 0.6 is 0 Å². The highest BCUT2D eigenvalue weighted by atomic mass is 16.4. The molecule has 0 aliphatic heterocycles. The molecule has 0 spiro atoms. The molecule has 9 heteroatoms. The Bertz CT molecular complexity index is 626. The van der Waals surface area contributed by atoms with Crippen molar-refractivity contribution >= 4 is 11.9 Å². The van der Waals surface area contributed by atoms with Crippen LogP contribution in [0.4, 0.5) is 0 Å². The molecular formula is C11H13N5O4. The SMILES string of the molecule is Cc1nc(CNC(=O)c2cn(CC(=O)O)nn2)oc1C. The minimum Gasteiger partial charge on any atom is -0.480 e. The first-order chi connectivity index (χ1) is 9.45. The number of aromatic nitrogens is 4. The number of amides is 1. The number of nitrogens with one attached hydrogen (secondary N) is 1. The summed E-state index contributed by atoms with van der Waals surface area (Å²) in [4.78, 5) is 26.4. The molecule has 0 saturated carbocycles. The Labute approximate surface area is 113 Å². The number of oxazole rings is 1. The van der Waals surface area contributed by atoms with Crippen molar-refractivity contribution in [3.8, 4) is 0 Å². The van der Waals surface area contributed by atoms with Crippen LogP contribution in [0.25, 0.3) is 0 Å². The van der Waals surface area contributed by atoms with Crippen molar-refractivity contribution in [3.63, 3.8) is 0 Å². The number of hydrogen-bond donors (Lipinski definition) is 2. The lowest BCUT2D eigenvalue weighted by atomic mass is 10.4. The van der Waals surface area contributed by atoms with Crippen LogP contribution in [0.5, 0.6) is 0 Å². The summed E-state index contributed by atoms with van der Waals surface area (Å²) < 4.78 is 6.38. The molecule has 0 atom stereocenters. The van der Waals surface area contributed by atoms with Crippen molar-refractivity contribution in [2.75, 3.05) is 0 Å². The number of carboxylic acids is 1. The quantitative estimate of drug-likeness (QED) is 0.783. The van der Waals surface area contributed by atoms with Crippen molar-refractivity contribution in [1.29, 1.82) is 0 Å². The smallest absolute Gasteiger partial charge is 0.325 e. The van der Waals surface area contributed by atoms with Gasteiger partial charge in [-0.1, -0.05) is 5.21 Å². The zero-order chi connectivity index (χ0) is 14.7. The summed E-state index contributed by atoms with van der Waals surface area (Å²) in [5.41, 5.74) is 0.799. The molecule has 0 bridgehead atoms. The third-order valence-corrected chi connectivity index (χ3v) is 2.54. The molecule has 106 valence electrons. The second-order valence-corrected chi connectivity index (χ2v) is 4.13. The second kappa shape index (κ2) is 5.51. The van der Waals surface area contributed by atoms with Gasteiger partial charge < -0.3 is 14.8 Å². The van der Waals surface area contributed by atoms with Gasteiger partial charge in [-0.15, -0.1) is 5.10 Å². The number of aliphatic carboxylic acids is 1. The number of nitrogens with zero attached hydrogens (tertiary/aromatic N) is 4. The molecule has 0 fully saturated rings. The molecule has 0 saturated heterocycles. The van der Waals surface area contributed by atoms with Gasteiger partial charge in [0.1, 0.15) is 12.3 Å². The maximum Gasteiger partial charge on any atom is 0.325 e. The summed E-state index contributed by atoms with van der Waals surface area (Å²) in [5, 5.41) is 18.3. The molecular weight excluding hydrogens is 266 g/mol. The Morgan fingerprint density at radius 3 is 2.80 bits per heavy atom. The molecule has 2 aromatic heterocycles. The van der Waals surface area contributed by atoms with Crippen molar-refractivity contribution in [2.45, 2.75) is 26.9 Å². The van der Waals surface area contributed by atoms with Crippen LogP contribution in [0.3, 0.4) is 0 Å². The average molecular weight is 279 g/mol. The molecule has 1 amide bonds. The number of aryl methyl sites for hydroxylation is 2. The number of hydrogen-bond acceptors (Lipinski definition) is 6. The number of carboxylic acid groups (broad SMARTS) is 1. The summed E-state index contributed by atoms with van der Waals surface area (Å²) in [6, 6.07) is 0. The van der Waals surface area contributed by atoms with Gasteiger partial charge in [0.05, 0.1) is 18.4 Å². The molecule has 0 unspecified atom stereocenters. The summed E-state index contributed by atoms with van der Waals surface area (Å²) in [7, 11) is 0. The van der Waals surface area contributed by atoms with Gasteiger partial charge in [-0.25, -0.2) is 9.67 Å². The molecule has 0 aliphatic rings. The van der Waals surface area contributed by atoms with Crippen LogP contribution in [0.15, 0.2) is 10.6 Å². The number of carbonyl (C=O) groups excluding carboxylic acids is 1. The minimum atomic E-state index is -1.06. The van der Waals surface area contributed by atoms with Gasteiger partial charge in [0, 0.05) is 0 Å². The Kier molecular flexibility index (Phi) is 3.78. The van der Waals surface area contributed by atoms with E-state index in [0.29, 0.717) is 11.7 Å². The van der Waals surface area contributed by atoms with Crippen molar-refractivity contribution in [3.05, 3.63) is 29.2 Å². The molecule has 0 aromatic carbocycles. The lowest BCUT2D eigenvalue weighted by Gasteiger charge is -1.98. The third kappa shape index (κ3) is 3.19. The summed E-state index contributed by atoms with van der Waals surface area (Å²) in [6.07, 6.45) is 1.26. The Morgan fingerprint density at radius 2 is 2.20 bits per heavy atom. The predicted molar refractivity (Wildman–Crippen MR) is 64.8 cm³/mol. The number of carbonyl (C=O) groups is 2. The van der Waals surface area contributed by atoms with Gasteiger partial charge in [0.15, 0.2) is 5.69 Å². The topological polar surface area (TPSA) is 123 Å². The molecule has 20 heavy (non-hydrogen) atoms. The third-order valence-electron chi connectivity index (χ3n) is 2.54. The zero-order valence-corrected chi connectivity index (χ0v) is 11.0. The first-order valence-electron chi connectivity index (χ1n) is 5.78. The summed E-state index contributed by atoms with van der Waals surface area (Å²) >= 11 is 0. The van der Waals surface area contributed by atoms with Crippen LogP contribution in [-0.2, 0) is 17.9 Å². The Balaban J connectivity index is 1.94. The summed E-state index contributed by atoms with van der Waals surface area (Å²) in [5.74, 6) is -0.448. The van der Waals surface area contributed by atoms with Crippen molar-refractivity contribution in [2.24, 2.45) is 0 Å². The minimum absolute atomic E-state index is 0.0336. The lowest BCUT2D eigenvalue weighted by molar-refractivity contribution is -0.137. The van der Waals surface area contributed by atoms with Crippen LogP contribution in [0.1, 0.15) is 27.8 Å². The average Bonchev–Trinajstić information content (AvgIpc) is 2.94. The van der Waals surface area contributed by atoms with Gasteiger partial charge in [-0.05, 0) is 13.8 Å². The molecule has 0 aliphatic carbocycles. The van der Waals surface area contributed by atoms with E-state index < -0.39 is 11.9 Å². The van der Waals surface area contributed by atoms with Crippen molar-refractivity contribution in [1.82, 2.24) is 25.3 Å². The maximum atomic E-state index is 11.8. The van der Waals surface area contributed by atoms with E-state index in [1.807, 2.05) is 6.92 Å². The fraction of sp³-hybridized carbons (Fsp3) is 0.364. The lowest BCUT2D eigenvalue weighted by Crippen LogP contribution is -2.23. The van der Waals surface area contributed by atoms with E-state index in [0.717, 1.165) is 10.4 Å². The van der Waals surface area contributed by atoms with Crippen LogP contribution in [-0.4, -0.2) is 37.0 Å². The molecule has 0 radical (unpaired) electrons. The van der Waals surface area contributed by atoms with Gasteiger partial charge in [0.25, 0.3) is 5.91 Å². The largest absolute Gasteiger partial charge is 0.480 e. The van der Waals surface area contributed by atoms with Crippen molar-refractivity contribution < 1.29 is 19.1 Å². The standard InChI is InChI=1S/C11H13N5O4/c1-6-7(2)20-9(13-6)3-12-11(19)8-4-16(15-14-8)5-10(17)18/h4H,3,5H2,1-2H3,(H,12,19)(H,17,18). The van der Waals surface area contributed by atoms with E-state index >= 15 is 0 Å². The second-order valence-electron chi connectivity index (χ2n) is 4.13. The molecule has 2 heterocycles. The van der Waals surface area contributed by atoms with Crippen LogP contribution < -0.4 is 5.32 Å². The molecule has 2 aromatic rings. The highest BCUT2D eigenvalue weighted by molar-refractivity contribution is 5.91. The first kappa shape index (κ1) is 13.7. The summed E-state index contributed by atoms with van der Waals surface area (Å²) in [6.45, 7) is 3.37. The van der Waals surface area contributed by atoms with E-state index in [1.54, 1.807) is 6.92 Å². The fourth-order valence-electron chi connectivity index (χ4n) is 1.48. The highest BCUT2D eigenvalue weighted by Gasteiger charge is 2.13. The zero-order valence-electron chi connectivity index (χ0n) is 11.0. The van der Waals surface area contributed by atoms with E-state index in [4.69, 9.17) is 9.52 Å². The van der Waals surface area contributed by atoms with E-state index in [9.17, 15) is 9.59 Å². The molecule has 2 rings (SSSR count). The fourth-order valence-corrected chi connectivity index (χ4v) is 1.48. The molecule has 2 N–H and O–H groups in total. The van der Waals surface area contributed by atoms with Crippen LogP contribution in [0, 0.1) is 13.8 Å². The van der Waals surface area contributed by atoms with Gasteiger partial charge in [0.2, 0.25) is 5.89 Å². The highest BCUT2D eigenvalue weighted by Crippen LogP contribution is 2.07. The maximum absolute atomic E-state index is 11.8. The number of rotatable bonds is 5. The first-order valence-corrected chi connectivity index (χ1v) is 5.78. The Morgan fingerprint density at radius 1 is 1.45 bits per heavy atom. The van der Waals surface area contributed by atoms with E-state index in [-0.39, 0.29) is 18.8 Å². The van der Waals surface area contributed by atoms with E-state index in [2.05, 4.69) is 20.6 Å². The van der Waals surface area contributed by atoms with Gasteiger partial charge in [-0.2, -0.15) is 0 Å². The normalized spacial score (nSPS) is 10.5. The Hall–Kier alpha value is -2.71.